The number of benzene rings is 1. The highest BCUT2D eigenvalue weighted by Crippen LogP contribution is 2.34. The van der Waals surface area contributed by atoms with Crippen molar-refractivity contribution in [2.45, 2.75) is 71.2 Å². The first-order chi connectivity index (χ1) is 19.9. The monoisotopic (exact) mass is 595 g/mol. The first-order valence-corrected chi connectivity index (χ1v) is 12.8. The highest BCUT2D eigenvalue weighted by molar-refractivity contribution is 5.96. The van der Waals surface area contributed by atoms with Crippen molar-refractivity contribution in [1.29, 1.82) is 0 Å². The quantitative estimate of drug-likeness (QED) is 0.0585. The highest BCUT2D eigenvalue weighted by atomic mass is 16.7. The fourth-order valence-corrected chi connectivity index (χ4v) is 3.93. The Morgan fingerprint density at radius 2 is 1.57 bits per heavy atom. The van der Waals surface area contributed by atoms with Gasteiger partial charge in [-0.1, -0.05) is 5.11 Å². The van der Waals surface area contributed by atoms with Crippen LogP contribution in [0, 0.1) is 0 Å². The van der Waals surface area contributed by atoms with Crippen LogP contribution < -0.4 is 4.74 Å². The van der Waals surface area contributed by atoms with Crippen molar-refractivity contribution in [1.82, 2.24) is 0 Å². The molecule has 0 aromatic heterocycles. The Morgan fingerprint density at radius 3 is 2.17 bits per heavy atom. The Bertz CT molecular complexity index is 1180. The van der Waals surface area contributed by atoms with Crippen molar-refractivity contribution >= 4 is 29.7 Å². The van der Waals surface area contributed by atoms with Gasteiger partial charge >= 0.3 is 23.9 Å². The largest absolute Gasteiger partial charge is 0.504 e. The van der Waals surface area contributed by atoms with E-state index in [9.17, 15) is 29.1 Å². The van der Waals surface area contributed by atoms with Gasteiger partial charge in [0.15, 0.2) is 29.5 Å². The second-order valence-electron chi connectivity index (χ2n) is 8.96. The molecule has 0 spiro atoms. The normalized spacial score (nSPS) is 21.3. The molecule has 5 atom stereocenters. The van der Waals surface area contributed by atoms with Crippen LogP contribution in [0.25, 0.3) is 10.4 Å². The number of rotatable bonds is 15. The van der Waals surface area contributed by atoms with E-state index in [0.29, 0.717) is 6.42 Å². The molecule has 0 amide bonds. The molecule has 1 heterocycles. The van der Waals surface area contributed by atoms with E-state index in [1.807, 2.05) is 0 Å². The van der Waals surface area contributed by atoms with Crippen LogP contribution in [-0.2, 0) is 47.6 Å². The SMILES string of the molecule is CC(=O)OC[C@@H]1OC(Oc2ccc(C(=O)CCCOCCN=[N+]=[N-])cc2O)[C@@H](OC(C)=O)[C@H](OC(C)=O)[C@@H]1OC(C)=O. The smallest absolute Gasteiger partial charge is 0.303 e. The zero-order valence-electron chi connectivity index (χ0n) is 23.5. The highest BCUT2D eigenvalue weighted by Gasteiger charge is 2.53. The molecule has 0 aliphatic carbocycles. The summed E-state index contributed by atoms with van der Waals surface area (Å²) in [4.78, 5) is 62.4. The molecule has 230 valence electrons. The second-order valence-corrected chi connectivity index (χ2v) is 8.96. The van der Waals surface area contributed by atoms with Gasteiger partial charge in [-0.05, 0) is 30.2 Å². The molecule has 1 saturated heterocycles. The number of nitrogens with zero attached hydrogens (tertiary/aromatic N) is 3. The molecule has 2 rings (SSSR count). The summed E-state index contributed by atoms with van der Waals surface area (Å²) in [7, 11) is 0. The fourth-order valence-electron chi connectivity index (χ4n) is 3.93. The lowest BCUT2D eigenvalue weighted by Crippen LogP contribution is -2.63. The average molecular weight is 596 g/mol. The van der Waals surface area contributed by atoms with Gasteiger partial charge in [0.1, 0.15) is 12.7 Å². The maximum atomic E-state index is 12.6. The Kier molecular flexibility index (Phi) is 13.5. The molecular weight excluding hydrogens is 562 g/mol. The van der Waals surface area contributed by atoms with Crippen LogP contribution >= 0.6 is 0 Å². The number of phenols is 1. The predicted octanol–water partition coefficient (Wildman–Crippen LogP) is 2.14. The molecule has 1 aromatic rings. The second kappa shape index (κ2) is 16.8. The molecule has 1 N–H and O–H groups in total. The Labute approximate surface area is 240 Å². The fraction of sp³-hybridized carbons (Fsp3) is 0.577. The zero-order chi connectivity index (χ0) is 31.2. The first kappa shape index (κ1) is 33.8. The van der Waals surface area contributed by atoms with Crippen molar-refractivity contribution in [3.63, 3.8) is 0 Å². The van der Waals surface area contributed by atoms with Crippen molar-refractivity contribution in [3.8, 4) is 11.5 Å². The van der Waals surface area contributed by atoms with Gasteiger partial charge in [0.25, 0.3) is 0 Å². The van der Waals surface area contributed by atoms with E-state index in [1.165, 1.54) is 18.2 Å². The molecular formula is C26H33N3O13. The van der Waals surface area contributed by atoms with Crippen LogP contribution in [0.5, 0.6) is 11.5 Å². The van der Waals surface area contributed by atoms with Gasteiger partial charge in [-0.15, -0.1) is 0 Å². The van der Waals surface area contributed by atoms with E-state index in [1.54, 1.807) is 0 Å². The van der Waals surface area contributed by atoms with Gasteiger partial charge in [-0.2, -0.15) is 0 Å². The number of carbonyl (C=O) groups excluding carboxylic acids is 5. The third kappa shape index (κ3) is 10.9. The third-order valence-corrected chi connectivity index (χ3v) is 5.56. The first-order valence-electron chi connectivity index (χ1n) is 12.8. The van der Waals surface area contributed by atoms with Crippen LogP contribution in [0.2, 0.25) is 0 Å². The summed E-state index contributed by atoms with van der Waals surface area (Å²) in [6.07, 6.45) is -6.61. The van der Waals surface area contributed by atoms with Crippen molar-refractivity contribution in [3.05, 3.63) is 34.2 Å². The molecule has 42 heavy (non-hydrogen) atoms. The number of hydrogen-bond acceptors (Lipinski definition) is 14. The van der Waals surface area contributed by atoms with E-state index in [0.717, 1.165) is 27.7 Å². The minimum Gasteiger partial charge on any atom is -0.504 e. The maximum absolute atomic E-state index is 12.6. The van der Waals surface area contributed by atoms with E-state index < -0.39 is 66.9 Å². The summed E-state index contributed by atoms with van der Waals surface area (Å²) in [5.74, 6) is -4.03. The van der Waals surface area contributed by atoms with Crippen molar-refractivity contribution < 1.29 is 62.2 Å². The number of carbonyl (C=O) groups is 5. The number of aromatic hydroxyl groups is 1. The van der Waals surface area contributed by atoms with Crippen LogP contribution in [0.15, 0.2) is 23.3 Å². The van der Waals surface area contributed by atoms with E-state index in [2.05, 4.69) is 10.0 Å². The minimum atomic E-state index is -1.56. The van der Waals surface area contributed by atoms with E-state index in [4.69, 9.17) is 38.7 Å². The maximum Gasteiger partial charge on any atom is 0.303 e. The standard InChI is InChI=1S/C26H33N3O13/c1-14(30)37-13-22-23(38-15(2)31)24(39-16(3)32)25(40-17(4)33)26(42-22)41-21-8-7-18(12-20(21)35)19(34)6-5-10-36-11-9-28-29-27/h7-8,12,22-26,35H,5-6,9-11,13H2,1-4H3/t22-,23+,24+,25-,26?/m0/s1. The Morgan fingerprint density at radius 1 is 0.929 bits per heavy atom. The lowest BCUT2D eigenvalue weighted by molar-refractivity contribution is -0.288. The molecule has 0 saturated carbocycles. The number of azide groups is 1. The molecule has 16 nitrogen and oxygen atoms in total. The van der Waals surface area contributed by atoms with Crippen LogP contribution in [-0.4, -0.2) is 91.8 Å². The van der Waals surface area contributed by atoms with Crippen LogP contribution in [0.4, 0.5) is 0 Å². The number of ether oxygens (including phenoxy) is 7. The molecule has 1 unspecified atom stereocenters. The molecule has 16 heteroatoms. The zero-order valence-corrected chi connectivity index (χ0v) is 23.5. The third-order valence-electron chi connectivity index (χ3n) is 5.56. The molecule has 1 fully saturated rings. The number of hydrogen-bond donors (Lipinski definition) is 1. The number of Topliss-reactive ketones (excluding diaryl/α,β-unsaturated/α-hetero) is 1. The topological polar surface area (TPSA) is 219 Å². The number of phenolic OH excluding ortho intramolecular Hbond substituents is 1. The Hall–Kier alpha value is -4.40. The molecule has 1 aromatic carbocycles. The molecule has 1 aliphatic rings. The number of esters is 4. The van der Waals surface area contributed by atoms with Crippen molar-refractivity contribution in [2.24, 2.45) is 5.11 Å². The summed E-state index contributed by atoms with van der Waals surface area (Å²) in [6.45, 7) is 4.62. The summed E-state index contributed by atoms with van der Waals surface area (Å²) in [5, 5.41) is 14.0. The van der Waals surface area contributed by atoms with Crippen LogP contribution in [0.3, 0.4) is 0 Å². The minimum absolute atomic E-state index is 0.112. The van der Waals surface area contributed by atoms with Gasteiger partial charge in [0.05, 0.1) is 6.61 Å². The summed E-state index contributed by atoms with van der Waals surface area (Å²) in [6, 6.07) is 3.85. The Balaban J connectivity index is 2.26. The van der Waals surface area contributed by atoms with Gasteiger partial charge in [0.2, 0.25) is 12.4 Å². The van der Waals surface area contributed by atoms with Gasteiger partial charge in [-0.25, -0.2) is 0 Å². The molecule has 0 bridgehead atoms. The molecule has 0 radical (unpaired) electrons. The molecule has 1 aliphatic heterocycles. The van der Waals surface area contributed by atoms with Gasteiger partial charge < -0.3 is 38.3 Å². The summed E-state index contributed by atoms with van der Waals surface area (Å²) >= 11 is 0. The van der Waals surface area contributed by atoms with Crippen LogP contribution in [0.1, 0.15) is 50.9 Å². The summed E-state index contributed by atoms with van der Waals surface area (Å²) < 4.78 is 37.9. The number of ketones is 1. The van der Waals surface area contributed by atoms with Crippen molar-refractivity contribution in [2.75, 3.05) is 26.4 Å². The van der Waals surface area contributed by atoms with Gasteiger partial charge in [0, 0.05) is 57.7 Å². The van der Waals surface area contributed by atoms with E-state index in [-0.39, 0.29) is 43.3 Å². The predicted molar refractivity (Wildman–Crippen MR) is 139 cm³/mol. The lowest BCUT2D eigenvalue weighted by atomic mass is 9.98. The average Bonchev–Trinajstić information content (AvgIpc) is 2.90. The van der Waals surface area contributed by atoms with E-state index >= 15 is 0 Å². The van der Waals surface area contributed by atoms with Gasteiger partial charge in [-0.3, -0.25) is 24.0 Å². The lowest BCUT2D eigenvalue weighted by Gasteiger charge is -2.43. The summed E-state index contributed by atoms with van der Waals surface area (Å²) in [5.41, 5.74) is 8.41.